The number of aryl methyl sites for hydroxylation is 2. The molecule has 0 saturated carbocycles. The molecule has 0 fully saturated rings. The fourth-order valence-corrected chi connectivity index (χ4v) is 4.24. The summed E-state index contributed by atoms with van der Waals surface area (Å²) in [4.78, 5) is 26.6. The molecule has 3 heterocycles. The summed E-state index contributed by atoms with van der Waals surface area (Å²) >= 11 is 0. The van der Waals surface area contributed by atoms with E-state index < -0.39 is 0 Å². The van der Waals surface area contributed by atoms with E-state index in [0.29, 0.717) is 45.0 Å². The highest BCUT2D eigenvalue weighted by Crippen LogP contribution is 2.42. The average Bonchev–Trinajstić information content (AvgIpc) is 3.20. The van der Waals surface area contributed by atoms with Crippen molar-refractivity contribution in [3.8, 4) is 22.9 Å². The first-order valence-electron chi connectivity index (χ1n) is 10.9. The van der Waals surface area contributed by atoms with Crippen molar-refractivity contribution in [2.24, 2.45) is 0 Å². The predicted molar refractivity (Wildman–Crippen MR) is 132 cm³/mol. The minimum atomic E-state index is -0.303. The largest absolute Gasteiger partial charge is 0.496 e. The van der Waals surface area contributed by atoms with Crippen LogP contribution in [0.2, 0.25) is 0 Å². The molecule has 1 aromatic carbocycles. The number of amides is 1. The second-order valence-corrected chi connectivity index (χ2v) is 8.47. The fourth-order valence-electron chi connectivity index (χ4n) is 4.24. The van der Waals surface area contributed by atoms with Gasteiger partial charge in [-0.25, -0.2) is 14.6 Å². The van der Waals surface area contributed by atoms with E-state index in [-0.39, 0.29) is 11.9 Å². The number of hydrogen-bond donors (Lipinski definition) is 1. The van der Waals surface area contributed by atoms with Crippen molar-refractivity contribution >= 4 is 22.8 Å². The summed E-state index contributed by atoms with van der Waals surface area (Å²) < 4.78 is 7.66. The van der Waals surface area contributed by atoms with Crippen LogP contribution in [0.25, 0.3) is 22.2 Å². The van der Waals surface area contributed by atoms with Gasteiger partial charge in [-0.2, -0.15) is 10.4 Å². The predicted octanol–water partition coefficient (Wildman–Crippen LogP) is 3.28. The summed E-state index contributed by atoms with van der Waals surface area (Å²) in [5.41, 5.74) is 11.1. The number of benzene rings is 1. The maximum atomic E-state index is 12.3. The Morgan fingerprint density at radius 3 is 2.57 bits per heavy atom. The van der Waals surface area contributed by atoms with E-state index in [1.165, 1.54) is 11.2 Å². The van der Waals surface area contributed by atoms with Crippen LogP contribution in [0.1, 0.15) is 45.8 Å². The lowest BCUT2D eigenvalue weighted by atomic mass is 9.91. The molecule has 0 saturated heterocycles. The molecular formula is C25H26N8O2. The molecule has 0 aliphatic heterocycles. The van der Waals surface area contributed by atoms with Gasteiger partial charge in [-0.1, -0.05) is 6.07 Å². The van der Waals surface area contributed by atoms with Gasteiger partial charge >= 0.3 is 0 Å². The molecule has 4 rings (SSSR count). The lowest BCUT2D eigenvalue weighted by Gasteiger charge is -2.22. The molecule has 1 unspecified atom stereocenters. The van der Waals surface area contributed by atoms with Crippen molar-refractivity contribution in [3.05, 3.63) is 58.8 Å². The number of nitriles is 1. The standard InChI is InChI=1S/C25H26N8O2/c1-13-9-17(15(3)33-24-20(14(2)31-33)23(27)29-12-30-24)22(35-6)21(18(13)10-26)16-7-8-19(28-11-16)25(34)32(4)5/h7-9,11-12,15H,1-6H3,(H2,27,29,30). The normalized spacial score (nSPS) is 11.8. The van der Waals surface area contributed by atoms with E-state index in [4.69, 9.17) is 10.5 Å². The number of aromatic nitrogens is 5. The summed E-state index contributed by atoms with van der Waals surface area (Å²) in [6.45, 7) is 5.72. The lowest BCUT2D eigenvalue weighted by molar-refractivity contribution is 0.0822. The van der Waals surface area contributed by atoms with Crippen molar-refractivity contribution in [3.63, 3.8) is 0 Å². The summed E-state index contributed by atoms with van der Waals surface area (Å²) in [5.74, 6) is 0.689. The first kappa shape index (κ1) is 23.6. The van der Waals surface area contributed by atoms with Crippen LogP contribution in [0.3, 0.4) is 0 Å². The monoisotopic (exact) mass is 470 g/mol. The number of fused-ring (bicyclic) bond motifs is 1. The Labute approximate surface area is 203 Å². The van der Waals surface area contributed by atoms with Gasteiger partial charge in [0.05, 0.1) is 29.8 Å². The smallest absolute Gasteiger partial charge is 0.271 e. The third-order valence-electron chi connectivity index (χ3n) is 6.01. The number of nitrogen functional groups attached to an aromatic ring is 1. The maximum absolute atomic E-state index is 12.3. The van der Waals surface area contributed by atoms with E-state index in [2.05, 4.69) is 26.1 Å². The van der Waals surface area contributed by atoms with Crippen LogP contribution in [0.4, 0.5) is 5.82 Å². The number of nitrogens with two attached hydrogens (primary N) is 1. The Morgan fingerprint density at radius 1 is 1.23 bits per heavy atom. The van der Waals surface area contributed by atoms with Crippen LogP contribution in [-0.4, -0.2) is 56.7 Å². The molecule has 1 atom stereocenters. The van der Waals surface area contributed by atoms with Crippen LogP contribution in [0.15, 0.2) is 30.7 Å². The molecule has 178 valence electrons. The van der Waals surface area contributed by atoms with Crippen molar-refractivity contribution in [1.29, 1.82) is 5.26 Å². The zero-order valence-electron chi connectivity index (χ0n) is 20.5. The van der Waals surface area contributed by atoms with Crippen LogP contribution < -0.4 is 10.5 Å². The Kier molecular flexibility index (Phi) is 6.09. The number of methoxy groups -OCH3 is 1. The van der Waals surface area contributed by atoms with Gasteiger partial charge in [-0.15, -0.1) is 0 Å². The van der Waals surface area contributed by atoms with E-state index in [0.717, 1.165) is 16.8 Å². The second-order valence-electron chi connectivity index (χ2n) is 8.47. The summed E-state index contributed by atoms with van der Waals surface area (Å²) in [5, 5.41) is 15.4. The Hall–Kier alpha value is -4.52. The summed E-state index contributed by atoms with van der Waals surface area (Å²) in [7, 11) is 4.90. The van der Waals surface area contributed by atoms with Gasteiger partial charge < -0.3 is 15.4 Å². The molecule has 1 amide bonds. The third kappa shape index (κ3) is 3.91. The second kappa shape index (κ2) is 9.02. The Morgan fingerprint density at radius 2 is 1.97 bits per heavy atom. The summed E-state index contributed by atoms with van der Waals surface area (Å²) in [6, 6.07) is 7.34. The van der Waals surface area contributed by atoms with Gasteiger partial charge in [0.15, 0.2) is 5.65 Å². The highest BCUT2D eigenvalue weighted by Gasteiger charge is 2.26. The van der Waals surface area contributed by atoms with E-state index in [1.807, 2.05) is 26.8 Å². The van der Waals surface area contributed by atoms with E-state index in [1.54, 1.807) is 44.2 Å². The topological polar surface area (TPSA) is 136 Å². The number of carbonyl (C=O) groups excluding carboxylic acids is 1. The number of rotatable bonds is 5. The Balaban J connectivity index is 1.92. The first-order valence-corrected chi connectivity index (χ1v) is 10.9. The number of anilines is 1. The molecule has 4 aromatic rings. The van der Waals surface area contributed by atoms with Gasteiger partial charge in [0, 0.05) is 37.0 Å². The SMILES string of the molecule is COc1c(C(C)n2nc(C)c3c(N)ncnc32)cc(C)c(C#N)c1-c1ccc(C(=O)N(C)C)nc1. The lowest BCUT2D eigenvalue weighted by Crippen LogP contribution is -2.22. The van der Waals surface area contributed by atoms with Crippen molar-refractivity contribution in [1.82, 2.24) is 29.6 Å². The molecule has 10 heteroatoms. The fraction of sp³-hybridized carbons (Fsp3) is 0.280. The summed E-state index contributed by atoms with van der Waals surface area (Å²) in [6.07, 6.45) is 3.00. The first-order chi connectivity index (χ1) is 16.7. The molecular weight excluding hydrogens is 444 g/mol. The van der Waals surface area contributed by atoms with Crippen LogP contribution in [0.5, 0.6) is 5.75 Å². The van der Waals surface area contributed by atoms with Crippen molar-refractivity contribution < 1.29 is 9.53 Å². The molecule has 3 aromatic heterocycles. The zero-order valence-corrected chi connectivity index (χ0v) is 20.5. The van der Waals surface area contributed by atoms with Gasteiger partial charge in [0.1, 0.15) is 29.7 Å². The third-order valence-corrected chi connectivity index (χ3v) is 6.01. The highest BCUT2D eigenvalue weighted by molar-refractivity contribution is 5.92. The van der Waals surface area contributed by atoms with Crippen LogP contribution >= 0.6 is 0 Å². The van der Waals surface area contributed by atoms with Gasteiger partial charge in [0.2, 0.25) is 0 Å². The Bertz CT molecular complexity index is 1480. The minimum Gasteiger partial charge on any atom is -0.496 e. The van der Waals surface area contributed by atoms with Crippen molar-refractivity contribution in [2.45, 2.75) is 26.8 Å². The van der Waals surface area contributed by atoms with Crippen LogP contribution in [0, 0.1) is 25.2 Å². The molecule has 0 radical (unpaired) electrons. The average molecular weight is 471 g/mol. The highest BCUT2D eigenvalue weighted by atomic mass is 16.5. The molecule has 10 nitrogen and oxygen atoms in total. The molecule has 35 heavy (non-hydrogen) atoms. The zero-order chi connectivity index (χ0) is 25.4. The van der Waals surface area contributed by atoms with Gasteiger partial charge in [0.25, 0.3) is 5.91 Å². The number of hydrogen-bond acceptors (Lipinski definition) is 8. The number of ether oxygens (including phenoxy) is 1. The van der Waals surface area contributed by atoms with E-state index >= 15 is 0 Å². The van der Waals surface area contributed by atoms with Gasteiger partial charge in [-0.3, -0.25) is 9.78 Å². The minimum absolute atomic E-state index is 0.204. The molecule has 2 N–H and O–H groups in total. The van der Waals surface area contributed by atoms with E-state index in [9.17, 15) is 10.1 Å². The number of pyridine rings is 1. The van der Waals surface area contributed by atoms with Gasteiger partial charge in [-0.05, 0) is 38.5 Å². The number of nitrogens with zero attached hydrogens (tertiary/aromatic N) is 7. The maximum Gasteiger partial charge on any atom is 0.271 e. The molecule has 0 bridgehead atoms. The molecule has 0 aliphatic carbocycles. The van der Waals surface area contributed by atoms with Crippen LogP contribution in [-0.2, 0) is 0 Å². The number of carbonyl (C=O) groups is 1. The molecule has 0 aliphatic rings. The quantitative estimate of drug-likeness (QED) is 0.469. The molecule has 0 spiro atoms. The van der Waals surface area contributed by atoms with Crippen molar-refractivity contribution in [2.75, 3.05) is 26.9 Å².